The summed E-state index contributed by atoms with van der Waals surface area (Å²) < 4.78 is 52.4. The second kappa shape index (κ2) is 12.0. The number of thiocarbonyl (C=S) groups is 1. The highest BCUT2D eigenvalue weighted by Crippen LogP contribution is 2.34. The first-order valence-electron chi connectivity index (χ1n) is 10.0. The van der Waals surface area contributed by atoms with Gasteiger partial charge in [0.15, 0.2) is 10.9 Å². The Morgan fingerprint density at radius 1 is 1.15 bits per heavy atom. The third kappa shape index (κ3) is 7.73. The molecule has 5 nitrogen and oxygen atoms in total. The fraction of sp³-hybridized carbons (Fsp3) is 0.167. The third-order valence-electron chi connectivity index (χ3n) is 4.51. The summed E-state index contributed by atoms with van der Waals surface area (Å²) in [7, 11) is 0. The van der Waals surface area contributed by atoms with Crippen LogP contribution in [-0.4, -0.2) is 17.6 Å². The lowest BCUT2D eigenvalue weighted by molar-refractivity contribution is -0.139. The summed E-state index contributed by atoms with van der Waals surface area (Å²) in [5, 5.41) is 11.0. The van der Waals surface area contributed by atoms with Gasteiger partial charge in [0.2, 0.25) is 0 Å². The van der Waals surface area contributed by atoms with E-state index in [2.05, 4.69) is 40.8 Å². The van der Waals surface area contributed by atoms with Crippen LogP contribution in [0.15, 0.2) is 73.1 Å². The highest BCUT2D eigenvalue weighted by Gasteiger charge is 2.35. The number of halogens is 4. The molecule has 0 spiro atoms. The molecule has 0 fully saturated rings. The average Bonchev–Trinajstić information content (AvgIpc) is 2.77. The monoisotopic (exact) mass is 492 g/mol. The molecule has 0 aromatic heterocycles. The minimum atomic E-state index is -4.86. The fourth-order valence-corrected chi connectivity index (χ4v) is 2.94. The number of dihydropyridines is 1. The molecule has 4 N–H and O–H groups in total. The Morgan fingerprint density at radius 2 is 1.88 bits per heavy atom. The summed E-state index contributed by atoms with van der Waals surface area (Å²) in [6.45, 7) is 8.36. The minimum absolute atomic E-state index is 0.112. The fourth-order valence-electron chi connectivity index (χ4n) is 2.75. The first-order chi connectivity index (χ1) is 16.0. The van der Waals surface area contributed by atoms with Gasteiger partial charge >= 0.3 is 6.18 Å². The van der Waals surface area contributed by atoms with E-state index in [0.717, 1.165) is 24.2 Å². The Hall–Kier alpha value is -3.66. The normalized spacial score (nSPS) is 12.4. The van der Waals surface area contributed by atoms with Crippen LogP contribution < -0.4 is 21.3 Å². The van der Waals surface area contributed by atoms with E-state index >= 15 is 0 Å². The molecule has 1 amide bonds. The van der Waals surface area contributed by atoms with E-state index in [1.54, 1.807) is 13.0 Å². The van der Waals surface area contributed by atoms with Gasteiger partial charge in [-0.05, 0) is 74.4 Å². The maximum absolute atomic E-state index is 14.1. The molecule has 34 heavy (non-hydrogen) atoms. The highest BCUT2D eigenvalue weighted by atomic mass is 32.1. The lowest BCUT2D eigenvalue weighted by Crippen LogP contribution is -2.24. The van der Waals surface area contributed by atoms with Crippen LogP contribution in [0.1, 0.15) is 28.4 Å². The van der Waals surface area contributed by atoms with Crippen LogP contribution in [0, 0.1) is 12.7 Å². The van der Waals surface area contributed by atoms with Gasteiger partial charge in [0.05, 0.1) is 11.3 Å². The number of amides is 1. The Morgan fingerprint density at radius 3 is 2.44 bits per heavy atom. The SMILES string of the molecule is C=CNC(=S)Nc1cc(C(=O)Nc2cccc(C(F)(F)F)c2F)ccc1C.CC1=CC=CNC1. The zero-order valence-electron chi connectivity index (χ0n) is 18.5. The van der Waals surface area contributed by atoms with Gasteiger partial charge in [0.25, 0.3) is 5.91 Å². The number of hydrogen-bond acceptors (Lipinski definition) is 3. The number of nitrogens with one attached hydrogen (secondary N) is 4. The quantitative estimate of drug-likeness (QED) is 0.317. The van der Waals surface area contributed by atoms with E-state index in [0.29, 0.717) is 11.8 Å². The minimum Gasteiger partial charge on any atom is -0.387 e. The molecule has 0 radical (unpaired) electrons. The van der Waals surface area contributed by atoms with Crippen LogP contribution in [0.5, 0.6) is 0 Å². The molecule has 1 aliphatic rings. The van der Waals surface area contributed by atoms with E-state index in [4.69, 9.17) is 12.2 Å². The molecule has 3 rings (SSSR count). The van der Waals surface area contributed by atoms with Crippen molar-refractivity contribution in [2.45, 2.75) is 20.0 Å². The zero-order valence-corrected chi connectivity index (χ0v) is 19.3. The van der Waals surface area contributed by atoms with Gasteiger partial charge in [-0.25, -0.2) is 4.39 Å². The van der Waals surface area contributed by atoms with Gasteiger partial charge in [-0.2, -0.15) is 13.2 Å². The van der Waals surface area contributed by atoms with Crippen LogP contribution in [0.4, 0.5) is 28.9 Å². The maximum atomic E-state index is 14.1. The van der Waals surface area contributed by atoms with Gasteiger partial charge in [0.1, 0.15) is 0 Å². The molecule has 0 aliphatic carbocycles. The van der Waals surface area contributed by atoms with Crippen molar-refractivity contribution in [3.8, 4) is 0 Å². The van der Waals surface area contributed by atoms with E-state index in [1.807, 2.05) is 12.3 Å². The summed E-state index contributed by atoms with van der Waals surface area (Å²) in [5.74, 6) is -2.31. The summed E-state index contributed by atoms with van der Waals surface area (Å²) in [6, 6.07) is 7.21. The topological polar surface area (TPSA) is 65.2 Å². The second-order valence-corrected chi connectivity index (χ2v) is 7.61. The standard InChI is InChI=1S/C18H15F4N3OS.C6H9N/c1-3-23-17(27)25-14-9-11(8-7-10(14)2)16(26)24-13-6-4-5-12(15(13)19)18(20,21)22;1-6-3-2-4-7-5-6/h3-9H,1H2,2H3,(H,24,26)(H2,23,25,27);2-4,7H,5H2,1H3. The predicted molar refractivity (Wildman–Crippen MR) is 131 cm³/mol. The molecule has 2 aromatic carbocycles. The first-order valence-corrected chi connectivity index (χ1v) is 10.5. The second-order valence-electron chi connectivity index (χ2n) is 7.20. The van der Waals surface area contributed by atoms with Crippen LogP contribution in [0.3, 0.4) is 0 Å². The van der Waals surface area contributed by atoms with E-state index in [9.17, 15) is 22.4 Å². The van der Waals surface area contributed by atoms with Crippen LogP contribution in [0.25, 0.3) is 0 Å². The molecule has 0 saturated carbocycles. The zero-order chi connectivity index (χ0) is 25.3. The largest absolute Gasteiger partial charge is 0.419 e. The molecule has 0 unspecified atom stereocenters. The summed E-state index contributed by atoms with van der Waals surface area (Å²) in [6.07, 6.45) is 2.58. The predicted octanol–water partition coefficient (Wildman–Crippen LogP) is 5.88. The molecule has 10 heteroatoms. The van der Waals surface area contributed by atoms with Crippen molar-refractivity contribution in [2.75, 3.05) is 17.2 Å². The van der Waals surface area contributed by atoms with E-state index in [1.165, 1.54) is 23.9 Å². The van der Waals surface area contributed by atoms with E-state index < -0.39 is 29.2 Å². The first kappa shape index (κ1) is 26.6. The molecule has 180 valence electrons. The molecule has 0 atom stereocenters. The molecule has 0 bridgehead atoms. The smallest absolute Gasteiger partial charge is 0.387 e. The Labute approximate surface area is 200 Å². The van der Waals surface area contributed by atoms with Gasteiger partial charge < -0.3 is 21.3 Å². The summed E-state index contributed by atoms with van der Waals surface area (Å²) in [5.41, 5.74) is 0.765. The number of rotatable bonds is 4. The van der Waals surface area contributed by atoms with Crippen molar-refractivity contribution in [1.82, 2.24) is 10.6 Å². The molecular weight excluding hydrogens is 468 g/mol. The number of aryl methyl sites for hydroxylation is 1. The average molecular weight is 493 g/mol. The maximum Gasteiger partial charge on any atom is 0.419 e. The van der Waals surface area contributed by atoms with Crippen LogP contribution in [-0.2, 0) is 6.18 Å². The summed E-state index contributed by atoms with van der Waals surface area (Å²) in [4.78, 5) is 12.4. The van der Waals surface area contributed by atoms with Crippen molar-refractivity contribution in [3.05, 3.63) is 95.6 Å². The Balaban J connectivity index is 0.000000497. The number of anilines is 2. The molecule has 1 heterocycles. The van der Waals surface area contributed by atoms with Crippen molar-refractivity contribution in [2.24, 2.45) is 0 Å². The molecule has 1 aliphatic heterocycles. The Bertz CT molecular complexity index is 1130. The van der Waals surface area contributed by atoms with Crippen molar-refractivity contribution in [1.29, 1.82) is 0 Å². The van der Waals surface area contributed by atoms with Gasteiger partial charge in [-0.1, -0.05) is 30.4 Å². The van der Waals surface area contributed by atoms with Crippen molar-refractivity contribution < 1.29 is 22.4 Å². The number of carbonyl (C=O) groups excluding carboxylic acids is 1. The van der Waals surface area contributed by atoms with Gasteiger partial charge in [-0.15, -0.1) is 0 Å². The number of allylic oxidation sites excluding steroid dienone is 2. The highest BCUT2D eigenvalue weighted by molar-refractivity contribution is 7.80. The van der Waals surface area contributed by atoms with E-state index in [-0.39, 0.29) is 10.7 Å². The summed E-state index contributed by atoms with van der Waals surface area (Å²) >= 11 is 5.02. The Kier molecular flexibility index (Phi) is 9.37. The number of hydrogen-bond donors (Lipinski definition) is 4. The lowest BCUT2D eigenvalue weighted by Gasteiger charge is -2.14. The van der Waals surface area contributed by atoms with Crippen molar-refractivity contribution >= 4 is 34.6 Å². The van der Waals surface area contributed by atoms with Gasteiger partial charge in [-0.3, -0.25) is 4.79 Å². The number of carbonyl (C=O) groups is 1. The number of benzene rings is 2. The third-order valence-corrected chi connectivity index (χ3v) is 4.73. The van der Waals surface area contributed by atoms with Crippen molar-refractivity contribution in [3.63, 3.8) is 0 Å². The number of alkyl halides is 3. The molecule has 0 saturated heterocycles. The van der Waals surface area contributed by atoms with Gasteiger partial charge in [0, 0.05) is 17.8 Å². The molecule has 2 aromatic rings. The molecular formula is C24H24F4N4OS. The van der Waals surface area contributed by atoms with Crippen LogP contribution in [0.2, 0.25) is 0 Å². The lowest BCUT2D eigenvalue weighted by atomic mass is 10.1. The van der Waals surface area contributed by atoms with Crippen LogP contribution >= 0.6 is 12.2 Å².